The SMILES string of the molecule is CCc1cc2c(=O)n(CC(=O)NCCc3ccccc3)c(SC)nc2s1. The van der Waals surface area contributed by atoms with Gasteiger partial charge in [-0.15, -0.1) is 11.3 Å². The number of thiophene rings is 1. The molecule has 3 rings (SSSR count). The van der Waals surface area contributed by atoms with Gasteiger partial charge in [-0.1, -0.05) is 49.0 Å². The summed E-state index contributed by atoms with van der Waals surface area (Å²) in [4.78, 5) is 31.6. The second kappa shape index (κ2) is 8.51. The zero-order valence-corrected chi connectivity index (χ0v) is 16.5. The molecule has 1 N–H and O–H groups in total. The zero-order chi connectivity index (χ0) is 18.5. The summed E-state index contributed by atoms with van der Waals surface area (Å²) in [6.07, 6.45) is 3.50. The van der Waals surface area contributed by atoms with Crippen LogP contribution in [0.1, 0.15) is 17.4 Å². The minimum absolute atomic E-state index is 0.00988. The van der Waals surface area contributed by atoms with Gasteiger partial charge in [-0.3, -0.25) is 14.2 Å². The Morgan fingerprint density at radius 3 is 2.77 bits per heavy atom. The van der Waals surface area contributed by atoms with Crippen molar-refractivity contribution in [3.05, 3.63) is 57.2 Å². The Hall–Kier alpha value is -2.12. The van der Waals surface area contributed by atoms with E-state index in [-0.39, 0.29) is 18.0 Å². The summed E-state index contributed by atoms with van der Waals surface area (Å²) >= 11 is 2.92. The molecule has 26 heavy (non-hydrogen) atoms. The van der Waals surface area contributed by atoms with Crippen LogP contribution in [0.25, 0.3) is 10.2 Å². The molecule has 1 amide bonds. The fourth-order valence-corrected chi connectivity index (χ4v) is 4.27. The third-order valence-corrected chi connectivity index (χ3v) is 5.93. The lowest BCUT2D eigenvalue weighted by atomic mass is 10.1. The summed E-state index contributed by atoms with van der Waals surface area (Å²) in [6, 6.07) is 11.9. The van der Waals surface area contributed by atoms with Gasteiger partial charge in [0.2, 0.25) is 5.91 Å². The number of aryl methyl sites for hydroxylation is 1. The summed E-state index contributed by atoms with van der Waals surface area (Å²) < 4.78 is 1.47. The van der Waals surface area contributed by atoms with Crippen LogP contribution in [0.5, 0.6) is 0 Å². The highest BCUT2D eigenvalue weighted by molar-refractivity contribution is 7.98. The number of amides is 1. The molecule has 7 heteroatoms. The molecule has 2 aromatic heterocycles. The number of fused-ring (bicyclic) bond motifs is 1. The number of hydrogen-bond acceptors (Lipinski definition) is 5. The van der Waals surface area contributed by atoms with Crippen LogP contribution in [0.4, 0.5) is 0 Å². The van der Waals surface area contributed by atoms with E-state index in [0.29, 0.717) is 17.1 Å². The first kappa shape index (κ1) is 18.7. The van der Waals surface area contributed by atoms with E-state index in [2.05, 4.69) is 17.2 Å². The lowest BCUT2D eigenvalue weighted by Gasteiger charge is -2.11. The molecular weight excluding hydrogens is 366 g/mol. The normalized spacial score (nSPS) is 11.0. The van der Waals surface area contributed by atoms with Crippen LogP contribution in [-0.2, 0) is 24.2 Å². The van der Waals surface area contributed by atoms with Crippen molar-refractivity contribution < 1.29 is 4.79 Å². The lowest BCUT2D eigenvalue weighted by Crippen LogP contribution is -2.34. The van der Waals surface area contributed by atoms with E-state index in [1.165, 1.54) is 21.9 Å². The first-order chi connectivity index (χ1) is 12.6. The van der Waals surface area contributed by atoms with E-state index in [0.717, 1.165) is 22.5 Å². The van der Waals surface area contributed by atoms with Gasteiger partial charge in [-0.25, -0.2) is 4.98 Å². The average molecular weight is 388 g/mol. The summed E-state index contributed by atoms with van der Waals surface area (Å²) in [5.41, 5.74) is 1.02. The van der Waals surface area contributed by atoms with Crippen LogP contribution in [0, 0.1) is 0 Å². The zero-order valence-electron chi connectivity index (χ0n) is 14.8. The Labute approximate surface area is 160 Å². The molecule has 0 saturated carbocycles. The van der Waals surface area contributed by atoms with Crippen molar-refractivity contribution in [1.29, 1.82) is 0 Å². The summed E-state index contributed by atoms with van der Waals surface area (Å²) in [6.45, 7) is 2.59. The summed E-state index contributed by atoms with van der Waals surface area (Å²) in [5.74, 6) is -0.176. The first-order valence-corrected chi connectivity index (χ1v) is 10.5. The molecule has 0 bridgehead atoms. The Bertz CT molecular complexity index is 964. The molecule has 0 spiro atoms. The topological polar surface area (TPSA) is 64.0 Å². The molecule has 2 heterocycles. The van der Waals surface area contributed by atoms with Crippen LogP contribution in [-0.4, -0.2) is 28.3 Å². The van der Waals surface area contributed by atoms with Crippen molar-refractivity contribution in [3.63, 3.8) is 0 Å². The van der Waals surface area contributed by atoms with Gasteiger partial charge < -0.3 is 5.32 Å². The van der Waals surface area contributed by atoms with Crippen LogP contribution < -0.4 is 10.9 Å². The number of carbonyl (C=O) groups is 1. The second-order valence-electron chi connectivity index (χ2n) is 5.86. The second-order valence-corrected chi connectivity index (χ2v) is 7.75. The molecule has 0 saturated heterocycles. The van der Waals surface area contributed by atoms with E-state index in [4.69, 9.17) is 0 Å². The molecule has 0 aliphatic rings. The summed E-state index contributed by atoms with van der Waals surface area (Å²) in [7, 11) is 0. The minimum atomic E-state index is -0.176. The molecule has 136 valence electrons. The number of rotatable bonds is 7. The standard InChI is InChI=1S/C19H21N3O2S2/c1-3-14-11-15-17(26-14)21-19(25-2)22(18(15)24)12-16(23)20-10-9-13-7-5-4-6-8-13/h4-8,11H,3,9-10,12H2,1-2H3,(H,20,23). The van der Waals surface area contributed by atoms with Gasteiger partial charge in [-0.2, -0.15) is 0 Å². The van der Waals surface area contributed by atoms with Crippen LogP contribution in [0.3, 0.4) is 0 Å². The van der Waals surface area contributed by atoms with Crippen molar-refractivity contribution in [2.75, 3.05) is 12.8 Å². The number of aromatic nitrogens is 2. The van der Waals surface area contributed by atoms with Gasteiger partial charge in [0.25, 0.3) is 5.56 Å². The smallest absolute Gasteiger partial charge is 0.263 e. The molecule has 1 aromatic carbocycles. The lowest BCUT2D eigenvalue weighted by molar-refractivity contribution is -0.121. The monoisotopic (exact) mass is 387 g/mol. The van der Waals surface area contributed by atoms with E-state index in [9.17, 15) is 9.59 Å². The maximum atomic E-state index is 12.8. The predicted octanol–water partition coefficient (Wildman–Crippen LogP) is 3.10. The van der Waals surface area contributed by atoms with Gasteiger partial charge in [0.1, 0.15) is 11.4 Å². The highest BCUT2D eigenvalue weighted by atomic mass is 32.2. The molecular formula is C19H21N3O2S2. The van der Waals surface area contributed by atoms with Crippen molar-refractivity contribution >= 4 is 39.2 Å². The fraction of sp³-hybridized carbons (Fsp3) is 0.316. The molecule has 0 radical (unpaired) electrons. The molecule has 3 aromatic rings. The van der Waals surface area contributed by atoms with E-state index < -0.39 is 0 Å². The Kier molecular flexibility index (Phi) is 6.11. The van der Waals surface area contributed by atoms with Gasteiger partial charge >= 0.3 is 0 Å². The van der Waals surface area contributed by atoms with E-state index in [1.54, 1.807) is 11.3 Å². The van der Waals surface area contributed by atoms with Gasteiger partial charge in [0, 0.05) is 11.4 Å². The number of nitrogens with one attached hydrogen (secondary N) is 1. The van der Waals surface area contributed by atoms with Crippen LogP contribution in [0.15, 0.2) is 46.3 Å². The molecule has 0 aliphatic heterocycles. The van der Waals surface area contributed by atoms with E-state index >= 15 is 0 Å². The third-order valence-electron chi connectivity index (χ3n) is 4.08. The number of nitrogens with zero attached hydrogens (tertiary/aromatic N) is 2. The van der Waals surface area contributed by atoms with Gasteiger partial charge in [0.15, 0.2) is 5.16 Å². The average Bonchev–Trinajstić information content (AvgIpc) is 3.08. The summed E-state index contributed by atoms with van der Waals surface area (Å²) in [5, 5.41) is 4.06. The quantitative estimate of drug-likeness (QED) is 0.500. The molecule has 0 atom stereocenters. The maximum Gasteiger partial charge on any atom is 0.263 e. The third kappa shape index (κ3) is 4.16. The number of carbonyl (C=O) groups excluding carboxylic acids is 1. The highest BCUT2D eigenvalue weighted by Crippen LogP contribution is 2.24. The maximum absolute atomic E-state index is 12.8. The highest BCUT2D eigenvalue weighted by Gasteiger charge is 2.15. The largest absolute Gasteiger partial charge is 0.354 e. The number of benzene rings is 1. The Morgan fingerprint density at radius 2 is 2.08 bits per heavy atom. The van der Waals surface area contributed by atoms with Crippen molar-refractivity contribution in [2.24, 2.45) is 0 Å². The predicted molar refractivity (Wildman–Crippen MR) is 108 cm³/mol. The Balaban J connectivity index is 1.73. The fourth-order valence-electron chi connectivity index (χ4n) is 2.71. The molecule has 0 fully saturated rings. The number of hydrogen-bond donors (Lipinski definition) is 1. The molecule has 5 nitrogen and oxygen atoms in total. The van der Waals surface area contributed by atoms with Crippen molar-refractivity contribution in [2.45, 2.75) is 31.5 Å². The van der Waals surface area contributed by atoms with Crippen LogP contribution in [0.2, 0.25) is 0 Å². The molecule has 0 unspecified atom stereocenters. The molecule has 0 aliphatic carbocycles. The van der Waals surface area contributed by atoms with Crippen LogP contribution >= 0.6 is 23.1 Å². The number of thioether (sulfide) groups is 1. The Morgan fingerprint density at radius 1 is 1.31 bits per heavy atom. The minimum Gasteiger partial charge on any atom is -0.354 e. The van der Waals surface area contributed by atoms with Crippen molar-refractivity contribution in [1.82, 2.24) is 14.9 Å². The first-order valence-electron chi connectivity index (χ1n) is 8.50. The van der Waals surface area contributed by atoms with Gasteiger partial charge in [-0.05, 0) is 30.7 Å². The van der Waals surface area contributed by atoms with Gasteiger partial charge in [0.05, 0.1) is 5.39 Å². The van der Waals surface area contributed by atoms with Crippen molar-refractivity contribution in [3.8, 4) is 0 Å². The van der Waals surface area contributed by atoms with E-state index in [1.807, 2.05) is 42.7 Å².